The summed E-state index contributed by atoms with van der Waals surface area (Å²) < 4.78 is 0. The number of nitrogens with one attached hydrogen (secondary N) is 1. The molecule has 0 spiro atoms. The average molecular weight is 314 g/mol. The molecule has 1 N–H and O–H groups in total. The van der Waals surface area contributed by atoms with Gasteiger partial charge in [0.15, 0.2) is 5.82 Å². The first-order chi connectivity index (χ1) is 10.7. The third kappa shape index (κ3) is 2.92. The molecule has 1 aromatic carbocycles. The molecule has 0 saturated carbocycles. The molecule has 5 nitrogen and oxygen atoms in total. The van der Waals surface area contributed by atoms with E-state index in [-0.39, 0.29) is 11.2 Å². The molecule has 0 aliphatic carbocycles. The van der Waals surface area contributed by atoms with Crippen LogP contribution in [0.25, 0.3) is 0 Å². The van der Waals surface area contributed by atoms with Crippen LogP contribution >= 0.6 is 11.8 Å². The summed E-state index contributed by atoms with van der Waals surface area (Å²) in [7, 11) is 3.78. The van der Waals surface area contributed by atoms with Crippen molar-refractivity contribution in [1.82, 2.24) is 9.97 Å². The predicted octanol–water partition coefficient (Wildman–Crippen LogP) is 2.51. The lowest BCUT2D eigenvalue weighted by atomic mass is 10.0. The predicted molar refractivity (Wildman–Crippen MR) is 90.3 cm³/mol. The molecule has 1 aliphatic rings. The highest BCUT2D eigenvalue weighted by molar-refractivity contribution is 8.00. The summed E-state index contributed by atoms with van der Waals surface area (Å²) in [6, 6.07) is 8.16. The van der Waals surface area contributed by atoms with Crippen molar-refractivity contribution in [1.29, 1.82) is 0 Å². The molecule has 6 heteroatoms. The van der Waals surface area contributed by atoms with Crippen molar-refractivity contribution in [3.05, 3.63) is 47.9 Å². The molecule has 1 aliphatic heterocycles. The maximum absolute atomic E-state index is 12.7. The van der Waals surface area contributed by atoms with E-state index >= 15 is 0 Å². The summed E-state index contributed by atoms with van der Waals surface area (Å²) in [5, 5.41) is 2.80. The Kier molecular flexibility index (Phi) is 4.29. The summed E-state index contributed by atoms with van der Waals surface area (Å²) in [4.78, 5) is 22.8. The van der Waals surface area contributed by atoms with Crippen molar-refractivity contribution < 1.29 is 4.79 Å². The van der Waals surface area contributed by atoms with E-state index in [2.05, 4.69) is 21.4 Å². The monoisotopic (exact) mass is 314 g/mol. The first-order valence-corrected chi connectivity index (χ1v) is 8.19. The van der Waals surface area contributed by atoms with Crippen LogP contribution < -0.4 is 10.2 Å². The molecule has 2 heterocycles. The Balaban J connectivity index is 1.85. The molecule has 1 atom stereocenters. The van der Waals surface area contributed by atoms with Gasteiger partial charge in [-0.05, 0) is 23.3 Å². The van der Waals surface area contributed by atoms with Gasteiger partial charge in [0.2, 0.25) is 5.91 Å². The minimum absolute atomic E-state index is 0.0185. The number of hydrogen-bond donors (Lipinski definition) is 1. The van der Waals surface area contributed by atoms with Gasteiger partial charge in [0.25, 0.3) is 0 Å². The number of nitrogens with zero attached hydrogens (tertiary/aromatic N) is 3. The number of aromatic nitrogens is 2. The van der Waals surface area contributed by atoms with Gasteiger partial charge >= 0.3 is 0 Å². The molecule has 1 amide bonds. The van der Waals surface area contributed by atoms with Gasteiger partial charge in [0.05, 0.1) is 6.20 Å². The van der Waals surface area contributed by atoms with Gasteiger partial charge in [-0.2, -0.15) is 0 Å². The summed E-state index contributed by atoms with van der Waals surface area (Å²) in [6.45, 7) is 0. The Morgan fingerprint density at radius 1 is 1.36 bits per heavy atom. The lowest BCUT2D eigenvalue weighted by Gasteiger charge is -2.25. The molecule has 2 aromatic rings. The van der Waals surface area contributed by atoms with Crippen molar-refractivity contribution in [3.8, 4) is 0 Å². The lowest BCUT2D eigenvalue weighted by molar-refractivity contribution is -0.115. The van der Waals surface area contributed by atoms with E-state index in [9.17, 15) is 4.79 Å². The Morgan fingerprint density at radius 3 is 3.00 bits per heavy atom. The number of carbonyl (C=O) groups is 1. The first kappa shape index (κ1) is 14.8. The third-order valence-electron chi connectivity index (χ3n) is 3.60. The normalized spacial score (nSPS) is 16.7. The van der Waals surface area contributed by atoms with Crippen LogP contribution in [0.2, 0.25) is 0 Å². The van der Waals surface area contributed by atoms with Gasteiger partial charge < -0.3 is 10.2 Å². The zero-order valence-electron chi connectivity index (χ0n) is 12.6. The van der Waals surface area contributed by atoms with Crippen LogP contribution in [0.3, 0.4) is 0 Å². The van der Waals surface area contributed by atoms with Crippen molar-refractivity contribution in [2.24, 2.45) is 0 Å². The number of carbonyl (C=O) groups excluding carboxylic acids is 1. The zero-order valence-corrected chi connectivity index (χ0v) is 13.4. The van der Waals surface area contributed by atoms with Gasteiger partial charge in [0.1, 0.15) is 17.3 Å². The number of thioether (sulfide) groups is 1. The van der Waals surface area contributed by atoms with E-state index in [1.807, 2.05) is 37.2 Å². The Labute approximate surface area is 134 Å². The summed E-state index contributed by atoms with van der Waals surface area (Å²) in [5.41, 5.74) is 3.01. The van der Waals surface area contributed by atoms with Gasteiger partial charge in [0, 0.05) is 14.1 Å². The molecule has 3 rings (SSSR count). The summed E-state index contributed by atoms with van der Waals surface area (Å²) >= 11 is 1.68. The number of anilines is 2. The number of rotatable bonds is 3. The molecular weight excluding hydrogens is 296 g/mol. The third-order valence-corrected chi connectivity index (χ3v) is 4.85. The summed E-state index contributed by atoms with van der Waals surface area (Å²) in [5.74, 6) is 1.65. The number of hydrogen-bond acceptors (Lipinski definition) is 5. The van der Waals surface area contributed by atoms with Crippen LogP contribution in [-0.4, -0.2) is 35.7 Å². The Morgan fingerprint density at radius 2 is 2.18 bits per heavy atom. The topological polar surface area (TPSA) is 58.1 Å². The van der Waals surface area contributed by atoms with Crippen LogP contribution in [-0.2, 0) is 11.2 Å². The second-order valence-electron chi connectivity index (χ2n) is 5.34. The van der Waals surface area contributed by atoms with E-state index in [4.69, 9.17) is 0 Å². The molecule has 0 fully saturated rings. The smallest absolute Gasteiger partial charge is 0.242 e. The second-order valence-corrected chi connectivity index (χ2v) is 6.56. The molecule has 0 saturated heterocycles. The molecule has 114 valence electrons. The maximum Gasteiger partial charge on any atom is 0.242 e. The fraction of sp³-hybridized carbons (Fsp3) is 0.312. The van der Waals surface area contributed by atoms with Crippen LogP contribution in [0.1, 0.15) is 16.4 Å². The minimum Gasteiger partial charge on any atom is -0.361 e. The van der Waals surface area contributed by atoms with Crippen molar-refractivity contribution in [2.75, 3.05) is 30.1 Å². The van der Waals surface area contributed by atoms with Gasteiger partial charge in [-0.1, -0.05) is 24.3 Å². The molecule has 22 heavy (non-hydrogen) atoms. The van der Waals surface area contributed by atoms with E-state index in [1.165, 1.54) is 11.9 Å². The highest BCUT2D eigenvalue weighted by Gasteiger charge is 2.27. The fourth-order valence-corrected chi connectivity index (χ4v) is 3.77. The van der Waals surface area contributed by atoms with Gasteiger partial charge in [-0.15, -0.1) is 11.8 Å². The minimum atomic E-state index is -0.180. The number of benzene rings is 1. The molecular formula is C16H18N4OS. The van der Waals surface area contributed by atoms with Gasteiger partial charge in [-0.25, -0.2) is 9.97 Å². The summed E-state index contributed by atoms with van der Waals surface area (Å²) in [6.07, 6.45) is 4.14. The lowest BCUT2D eigenvalue weighted by Crippen LogP contribution is -2.24. The number of amides is 1. The highest BCUT2D eigenvalue weighted by atomic mass is 32.2. The number of fused-ring (bicyclic) bond motifs is 1. The number of aryl methyl sites for hydroxylation is 1. The van der Waals surface area contributed by atoms with Crippen molar-refractivity contribution >= 4 is 29.2 Å². The first-order valence-electron chi connectivity index (χ1n) is 7.14. The highest BCUT2D eigenvalue weighted by Crippen LogP contribution is 2.37. The van der Waals surface area contributed by atoms with E-state index in [1.54, 1.807) is 18.0 Å². The van der Waals surface area contributed by atoms with Crippen LogP contribution in [0.5, 0.6) is 0 Å². The Hall–Kier alpha value is -2.08. The van der Waals surface area contributed by atoms with Crippen LogP contribution in [0, 0.1) is 0 Å². The van der Waals surface area contributed by atoms with Gasteiger partial charge in [-0.3, -0.25) is 4.79 Å². The van der Waals surface area contributed by atoms with E-state index < -0.39 is 0 Å². The largest absolute Gasteiger partial charge is 0.361 e. The van der Waals surface area contributed by atoms with Crippen LogP contribution in [0.15, 0.2) is 36.8 Å². The van der Waals surface area contributed by atoms with Crippen molar-refractivity contribution in [3.63, 3.8) is 0 Å². The molecule has 0 radical (unpaired) electrons. The molecule has 1 aromatic heterocycles. The standard InChI is InChI=1S/C16H18N4OS/c1-20(2)15-13(9-17-10-18-15)19-16(21)14-12-6-4-3-5-11(12)7-8-22-14/h3-6,9-10,14H,7-8H2,1-2H3,(H,19,21)/t14-/m1/s1. The van der Waals surface area contributed by atoms with E-state index in [0.717, 1.165) is 17.7 Å². The molecule has 0 unspecified atom stereocenters. The zero-order chi connectivity index (χ0) is 15.5. The SMILES string of the molecule is CN(C)c1ncncc1NC(=O)[C@@H]1SCCc2ccccc21. The molecule has 0 bridgehead atoms. The second kappa shape index (κ2) is 6.36. The van der Waals surface area contributed by atoms with Crippen molar-refractivity contribution in [2.45, 2.75) is 11.7 Å². The average Bonchev–Trinajstić information content (AvgIpc) is 2.54. The Bertz CT molecular complexity index is 689. The maximum atomic E-state index is 12.7. The van der Waals surface area contributed by atoms with E-state index in [0.29, 0.717) is 11.5 Å². The van der Waals surface area contributed by atoms with Crippen LogP contribution in [0.4, 0.5) is 11.5 Å². The quantitative estimate of drug-likeness (QED) is 0.943. The fourth-order valence-electron chi connectivity index (χ4n) is 2.58.